The smallest absolute Gasteiger partial charge is 0.222 e. The quantitative estimate of drug-likeness (QED) is 0.374. The molecule has 0 radical (unpaired) electrons. The molecule has 0 bridgehead atoms. The molecule has 7 nitrogen and oxygen atoms in total. The van der Waals surface area contributed by atoms with E-state index in [4.69, 9.17) is 10.5 Å². The van der Waals surface area contributed by atoms with Crippen molar-refractivity contribution in [2.75, 3.05) is 6.54 Å². The Bertz CT molecular complexity index is 289. The second kappa shape index (κ2) is 7.76. The van der Waals surface area contributed by atoms with Crippen LogP contribution in [0.1, 0.15) is 32.6 Å². The number of ether oxygens (including phenoxy) is 1. The minimum Gasteiger partial charge on any atom is -0.388 e. The van der Waals surface area contributed by atoms with Gasteiger partial charge in [0.05, 0.1) is 6.10 Å². The summed E-state index contributed by atoms with van der Waals surface area (Å²) < 4.78 is 5.27. The molecule has 1 aliphatic rings. The summed E-state index contributed by atoms with van der Waals surface area (Å²) in [5.74, 6) is -0.253. The van der Waals surface area contributed by atoms with Gasteiger partial charge in [-0.3, -0.25) is 4.79 Å². The molecule has 0 aromatic heterocycles. The zero-order chi connectivity index (χ0) is 14.4. The third-order valence-corrected chi connectivity index (χ3v) is 3.26. The Morgan fingerprint density at radius 1 is 1.16 bits per heavy atom. The predicted molar refractivity (Wildman–Crippen MR) is 68.0 cm³/mol. The van der Waals surface area contributed by atoms with Gasteiger partial charge in [-0.25, -0.2) is 0 Å². The molecule has 19 heavy (non-hydrogen) atoms. The van der Waals surface area contributed by atoms with Crippen molar-refractivity contribution in [3.05, 3.63) is 0 Å². The summed E-state index contributed by atoms with van der Waals surface area (Å²) in [4.78, 5) is 11.6. The van der Waals surface area contributed by atoms with Crippen LogP contribution in [0.3, 0.4) is 0 Å². The highest BCUT2D eigenvalue weighted by Crippen LogP contribution is 2.19. The third kappa shape index (κ3) is 4.70. The molecule has 6 N–H and O–H groups in total. The van der Waals surface area contributed by atoms with Crippen LogP contribution in [0.25, 0.3) is 0 Å². The van der Waals surface area contributed by atoms with Gasteiger partial charge in [-0.05, 0) is 26.3 Å². The van der Waals surface area contributed by atoms with Crippen molar-refractivity contribution in [2.45, 2.75) is 63.3 Å². The molecule has 1 fully saturated rings. The normalized spacial score (nSPS) is 35.1. The highest BCUT2D eigenvalue weighted by Gasteiger charge is 2.42. The number of rotatable bonds is 6. The first-order valence-corrected chi connectivity index (χ1v) is 6.66. The molecule has 1 rings (SSSR count). The van der Waals surface area contributed by atoms with Crippen molar-refractivity contribution in [2.24, 2.45) is 5.73 Å². The molecule has 1 amide bonds. The molecule has 0 unspecified atom stereocenters. The van der Waals surface area contributed by atoms with E-state index in [1.54, 1.807) is 6.92 Å². The van der Waals surface area contributed by atoms with Crippen molar-refractivity contribution >= 4 is 5.91 Å². The fraction of sp³-hybridized carbons (Fsp3) is 0.917. The van der Waals surface area contributed by atoms with Crippen molar-refractivity contribution in [1.29, 1.82) is 0 Å². The summed E-state index contributed by atoms with van der Waals surface area (Å²) in [6.45, 7) is 2.17. The lowest BCUT2D eigenvalue weighted by atomic mass is 9.99. The van der Waals surface area contributed by atoms with E-state index in [-0.39, 0.29) is 5.91 Å². The molecule has 5 atom stereocenters. The SMILES string of the molecule is C[C@@H]1O[C@H](NC(=O)CCCCCN)[C@H](O)[C@@H](O)[C@@H]1O. The molecule has 0 saturated carbocycles. The van der Waals surface area contributed by atoms with Crippen LogP contribution in [0.4, 0.5) is 0 Å². The van der Waals surface area contributed by atoms with Crippen LogP contribution in [-0.4, -0.2) is 58.4 Å². The maximum Gasteiger partial charge on any atom is 0.222 e. The van der Waals surface area contributed by atoms with Crippen LogP contribution < -0.4 is 11.1 Å². The molecule has 1 aliphatic heterocycles. The van der Waals surface area contributed by atoms with E-state index in [1.165, 1.54) is 0 Å². The molecular formula is C12H24N2O5. The van der Waals surface area contributed by atoms with E-state index in [1.807, 2.05) is 0 Å². The Hall–Kier alpha value is -0.730. The van der Waals surface area contributed by atoms with Gasteiger partial charge in [0.15, 0.2) is 6.23 Å². The van der Waals surface area contributed by atoms with Crippen molar-refractivity contribution in [1.82, 2.24) is 5.32 Å². The first-order valence-electron chi connectivity index (χ1n) is 6.66. The van der Waals surface area contributed by atoms with Crippen LogP contribution in [0, 0.1) is 0 Å². The van der Waals surface area contributed by atoms with Gasteiger partial charge in [0.2, 0.25) is 5.91 Å². The van der Waals surface area contributed by atoms with Crippen molar-refractivity contribution in [3.63, 3.8) is 0 Å². The fourth-order valence-corrected chi connectivity index (χ4v) is 2.01. The van der Waals surface area contributed by atoms with Gasteiger partial charge >= 0.3 is 0 Å². The number of unbranched alkanes of at least 4 members (excludes halogenated alkanes) is 2. The number of nitrogens with two attached hydrogens (primary N) is 1. The molecular weight excluding hydrogens is 252 g/mol. The second-order valence-corrected chi connectivity index (χ2v) is 4.90. The minimum atomic E-state index is -1.33. The Labute approximate surface area is 112 Å². The Morgan fingerprint density at radius 2 is 1.84 bits per heavy atom. The first-order chi connectivity index (χ1) is 8.97. The lowest BCUT2D eigenvalue weighted by Crippen LogP contribution is -2.61. The monoisotopic (exact) mass is 276 g/mol. The molecule has 1 saturated heterocycles. The molecule has 0 aromatic rings. The Kier molecular flexibility index (Phi) is 6.67. The number of hydrogen-bond acceptors (Lipinski definition) is 6. The molecule has 0 spiro atoms. The van der Waals surface area contributed by atoms with E-state index in [2.05, 4.69) is 5.32 Å². The van der Waals surface area contributed by atoms with Crippen LogP contribution in [0.5, 0.6) is 0 Å². The first kappa shape index (κ1) is 16.3. The summed E-state index contributed by atoms with van der Waals surface area (Å²) in [5, 5.41) is 31.3. The van der Waals surface area contributed by atoms with E-state index in [9.17, 15) is 20.1 Å². The van der Waals surface area contributed by atoms with E-state index in [0.29, 0.717) is 19.4 Å². The van der Waals surface area contributed by atoms with Crippen LogP contribution in [-0.2, 0) is 9.53 Å². The summed E-state index contributed by atoms with van der Waals surface area (Å²) >= 11 is 0. The van der Waals surface area contributed by atoms with Gasteiger partial charge in [-0.2, -0.15) is 0 Å². The molecule has 0 aliphatic carbocycles. The summed E-state index contributed by atoms with van der Waals surface area (Å²) in [6.07, 6.45) is -2.69. The molecule has 1 heterocycles. The summed E-state index contributed by atoms with van der Waals surface area (Å²) in [6, 6.07) is 0. The van der Waals surface area contributed by atoms with Gasteiger partial charge in [0.25, 0.3) is 0 Å². The standard InChI is InChI=1S/C12H24N2O5/c1-7-9(16)10(17)11(18)12(19-7)14-8(15)5-3-2-4-6-13/h7,9-12,16-18H,2-6,13H2,1H3,(H,14,15)/t7-,9+,10-,11+,12-/m0/s1. The Balaban J connectivity index is 2.36. The van der Waals surface area contributed by atoms with Gasteiger partial charge in [0, 0.05) is 6.42 Å². The van der Waals surface area contributed by atoms with Crippen LogP contribution >= 0.6 is 0 Å². The van der Waals surface area contributed by atoms with Gasteiger partial charge in [-0.1, -0.05) is 6.42 Å². The average molecular weight is 276 g/mol. The molecule has 0 aromatic carbocycles. The zero-order valence-electron chi connectivity index (χ0n) is 11.2. The minimum absolute atomic E-state index is 0.253. The number of nitrogens with one attached hydrogen (secondary N) is 1. The predicted octanol–water partition coefficient (Wildman–Crippen LogP) is -1.55. The lowest BCUT2D eigenvalue weighted by molar-refractivity contribution is -0.224. The van der Waals surface area contributed by atoms with Gasteiger partial charge in [-0.15, -0.1) is 0 Å². The average Bonchev–Trinajstić information content (AvgIpc) is 2.38. The maximum atomic E-state index is 11.6. The topological polar surface area (TPSA) is 125 Å². The number of aliphatic hydroxyl groups excluding tert-OH is 3. The van der Waals surface area contributed by atoms with Gasteiger partial charge in [0.1, 0.15) is 18.3 Å². The van der Waals surface area contributed by atoms with Crippen molar-refractivity contribution < 1.29 is 24.9 Å². The lowest BCUT2D eigenvalue weighted by Gasteiger charge is -2.39. The zero-order valence-corrected chi connectivity index (χ0v) is 11.2. The summed E-state index contributed by atoms with van der Waals surface area (Å²) in [7, 11) is 0. The third-order valence-electron chi connectivity index (χ3n) is 3.26. The van der Waals surface area contributed by atoms with E-state index < -0.39 is 30.6 Å². The second-order valence-electron chi connectivity index (χ2n) is 4.90. The fourth-order valence-electron chi connectivity index (χ4n) is 2.01. The summed E-state index contributed by atoms with van der Waals surface area (Å²) in [5.41, 5.74) is 5.35. The highest BCUT2D eigenvalue weighted by atomic mass is 16.5. The largest absolute Gasteiger partial charge is 0.388 e. The number of amides is 1. The van der Waals surface area contributed by atoms with Crippen LogP contribution in [0.15, 0.2) is 0 Å². The number of aliphatic hydroxyl groups is 3. The van der Waals surface area contributed by atoms with Gasteiger partial charge < -0.3 is 31.1 Å². The van der Waals surface area contributed by atoms with E-state index in [0.717, 1.165) is 12.8 Å². The number of carbonyl (C=O) groups is 1. The van der Waals surface area contributed by atoms with E-state index >= 15 is 0 Å². The number of hydrogen-bond donors (Lipinski definition) is 5. The highest BCUT2D eigenvalue weighted by molar-refractivity contribution is 5.76. The molecule has 112 valence electrons. The molecule has 7 heteroatoms. The number of carbonyl (C=O) groups excluding carboxylic acids is 1. The maximum absolute atomic E-state index is 11.6. The van der Waals surface area contributed by atoms with Crippen LogP contribution in [0.2, 0.25) is 0 Å². The Morgan fingerprint density at radius 3 is 2.47 bits per heavy atom. The van der Waals surface area contributed by atoms with Crippen molar-refractivity contribution in [3.8, 4) is 0 Å².